The Morgan fingerprint density at radius 1 is 0.810 bits per heavy atom. The Hall–Kier alpha value is -4.22. The van der Waals surface area contributed by atoms with Gasteiger partial charge in [-0.3, -0.25) is 4.79 Å². The minimum atomic E-state index is -1.39. The van der Waals surface area contributed by atoms with Crippen molar-refractivity contribution in [3.8, 4) is 17.2 Å². The lowest BCUT2D eigenvalue weighted by Gasteiger charge is -2.30. The summed E-state index contributed by atoms with van der Waals surface area (Å²) in [5.74, 6) is -0.871. The van der Waals surface area contributed by atoms with Crippen molar-refractivity contribution in [1.82, 2.24) is 20.2 Å². The molecule has 0 radical (unpaired) electrons. The Kier molecular flexibility index (Phi) is 17.8. The molecule has 10 nitrogen and oxygen atoms in total. The molecule has 0 aliphatic carbocycles. The fraction of sp³-hybridized carbons (Fsp3) is 0.444. The standard InChI is InChI=1S/C45H61Cl3N6O4/c1-6-8-10-12-14-16-22-51-27-35(49)30-18-20-32(38(55)24-30)42(57)37-26-34(46)29(3)54(37)41-40(47)44(48)53-43(41)45(4,58-5)33-21-19-31(25-39(33)56)36(50)28-52-23-17-15-13-11-9-7-2/h18-21,24-28,51-53,55-56H,6-17,22-23,49-50H2,1-5H3/b35-27-,36-28-. The number of ketones is 1. The van der Waals surface area contributed by atoms with Crippen molar-refractivity contribution in [2.24, 2.45) is 11.5 Å². The van der Waals surface area contributed by atoms with Crippen LogP contribution in [0.25, 0.3) is 17.1 Å². The molecule has 0 bridgehead atoms. The van der Waals surface area contributed by atoms with Crippen LogP contribution < -0.4 is 22.1 Å². The molecule has 0 saturated carbocycles. The molecule has 9 N–H and O–H groups in total. The first-order chi connectivity index (χ1) is 27.8. The van der Waals surface area contributed by atoms with Crippen molar-refractivity contribution >= 4 is 52.0 Å². The molecule has 4 aromatic rings. The average Bonchev–Trinajstić information content (AvgIpc) is 3.67. The van der Waals surface area contributed by atoms with E-state index < -0.39 is 11.4 Å². The van der Waals surface area contributed by atoms with Gasteiger partial charge in [0.05, 0.1) is 39.1 Å². The van der Waals surface area contributed by atoms with Gasteiger partial charge in [0.1, 0.15) is 27.3 Å². The predicted molar refractivity (Wildman–Crippen MR) is 240 cm³/mol. The van der Waals surface area contributed by atoms with Crippen LogP contribution in [0.3, 0.4) is 0 Å². The van der Waals surface area contributed by atoms with Gasteiger partial charge >= 0.3 is 0 Å². The van der Waals surface area contributed by atoms with Gasteiger partial charge in [-0.2, -0.15) is 0 Å². The van der Waals surface area contributed by atoms with E-state index in [4.69, 9.17) is 51.0 Å². The van der Waals surface area contributed by atoms with Gasteiger partial charge in [-0.1, -0.05) is 131 Å². The monoisotopic (exact) mass is 854 g/mol. The first-order valence-electron chi connectivity index (χ1n) is 20.4. The van der Waals surface area contributed by atoms with Crippen LogP contribution in [0.5, 0.6) is 11.5 Å². The maximum atomic E-state index is 14.3. The number of halogens is 3. The zero-order valence-corrected chi connectivity index (χ0v) is 36.8. The molecular weight excluding hydrogens is 795 g/mol. The third kappa shape index (κ3) is 11.3. The van der Waals surface area contributed by atoms with Gasteiger partial charge < -0.3 is 46.6 Å². The van der Waals surface area contributed by atoms with Crippen LogP contribution >= 0.6 is 34.8 Å². The topological polar surface area (TPSA) is 164 Å². The average molecular weight is 856 g/mol. The summed E-state index contributed by atoms with van der Waals surface area (Å²) in [6, 6.07) is 11.3. The van der Waals surface area contributed by atoms with Crippen molar-refractivity contribution in [2.45, 2.75) is 110 Å². The third-order valence-electron chi connectivity index (χ3n) is 10.7. The smallest absolute Gasteiger partial charge is 0.213 e. The molecule has 0 aliphatic rings. The Labute approximate surface area is 359 Å². The number of aromatic hydroxyl groups is 2. The van der Waals surface area contributed by atoms with Gasteiger partial charge in [0.2, 0.25) is 5.78 Å². The Morgan fingerprint density at radius 3 is 1.84 bits per heavy atom. The number of methoxy groups -OCH3 is 1. The molecule has 4 rings (SSSR count). The maximum absolute atomic E-state index is 14.3. The fourth-order valence-corrected chi connectivity index (χ4v) is 7.67. The number of ether oxygens (including phenoxy) is 1. The molecule has 0 fully saturated rings. The van der Waals surface area contributed by atoms with Crippen LogP contribution in [0.15, 0.2) is 54.9 Å². The van der Waals surface area contributed by atoms with E-state index in [9.17, 15) is 15.0 Å². The number of nitrogens with one attached hydrogen (secondary N) is 3. The number of benzene rings is 2. The molecule has 0 saturated heterocycles. The second-order valence-corrected chi connectivity index (χ2v) is 16.1. The number of H-pyrrole nitrogens is 1. The van der Waals surface area contributed by atoms with Crippen LogP contribution in [-0.2, 0) is 10.3 Å². The van der Waals surface area contributed by atoms with Crippen molar-refractivity contribution in [3.63, 3.8) is 0 Å². The van der Waals surface area contributed by atoms with E-state index in [-0.39, 0.29) is 43.6 Å². The number of hydrogen-bond acceptors (Lipinski definition) is 8. The summed E-state index contributed by atoms with van der Waals surface area (Å²) in [6.45, 7) is 9.48. The van der Waals surface area contributed by atoms with E-state index in [0.717, 1.165) is 38.8 Å². The highest BCUT2D eigenvalue weighted by molar-refractivity contribution is 6.43. The highest BCUT2D eigenvalue weighted by Crippen LogP contribution is 2.46. The first-order valence-corrected chi connectivity index (χ1v) is 21.5. The number of rotatable bonds is 24. The second kappa shape index (κ2) is 22.2. The van der Waals surface area contributed by atoms with Gasteiger partial charge in [-0.25, -0.2) is 0 Å². The van der Waals surface area contributed by atoms with Gasteiger partial charge in [0.25, 0.3) is 0 Å². The minimum Gasteiger partial charge on any atom is -0.508 e. The molecule has 2 aromatic heterocycles. The zero-order chi connectivity index (χ0) is 42.4. The number of nitrogens with zero attached hydrogens (tertiary/aromatic N) is 1. The van der Waals surface area contributed by atoms with E-state index >= 15 is 0 Å². The summed E-state index contributed by atoms with van der Waals surface area (Å²) in [5, 5.41) is 29.6. The number of carbonyl (C=O) groups excluding carboxylic acids is 1. The number of phenols is 2. The lowest BCUT2D eigenvalue weighted by molar-refractivity contribution is 0.0338. The van der Waals surface area contributed by atoms with Crippen LogP contribution in [0.2, 0.25) is 15.2 Å². The number of unbranched alkanes of at least 4 members (excludes halogenated alkanes) is 10. The third-order valence-corrected chi connectivity index (χ3v) is 11.8. The van der Waals surface area contributed by atoms with E-state index in [0.29, 0.717) is 39.5 Å². The number of phenolic OH excluding ortho intramolecular Hbond substituents is 2. The largest absolute Gasteiger partial charge is 0.508 e. The molecule has 0 aliphatic heterocycles. The Bertz CT molecular complexity index is 2060. The van der Waals surface area contributed by atoms with Crippen molar-refractivity contribution in [3.05, 3.63) is 109 Å². The van der Waals surface area contributed by atoms with Gasteiger partial charge in [-0.15, -0.1) is 0 Å². The van der Waals surface area contributed by atoms with Crippen molar-refractivity contribution in [2.75, 3.05) is 20.2 Å². The van der Waals surface area contributed by atoms with Gasteiger partial charge in [0.15, 0.2) is 0 Å². The molecule has 2 aromatic carbocycles. The number of hydrogen-bond donors (Lipinski definition) is 7. The van der Waals surface area contributed by atoms with Crippen LogP contribution in [0.4, 0.5) is 0 Å². The Morgan fingerprint density at radius 2 is 1.33 bits per heavy atom. The van der Waals surface area contributed by atoms with Crippen LogP contribution in [-0.4, -0.2) is 45.7 Å². The molecule has 13 heteroatoms. The molecular formula is C45H61Cl3N6O4. The van der Waals surface area contributed by atoms with E-state index in [1.54, 1.807) is 55.1 Å². The minimum absolute atomic E-state index is 0.0288. The molecule has 1 atom stereocenters. The summed E-state index contributed by atoms with van der Waals surface area (Å²) in [4.78, 5) is 17.4. The lowest BCUT2D eigenvalue weighted by atomic mass is 9.89. The van der Waals surface area contributed by atoms with Crippen LogP contribution in [0, 0.1) is 6.92 Å². The quantitative estimate of drug-likeness (QED) is 0.0270. The normalized spacial score (nSPS) is 13.2. The zero-order valence-electron chi connectivity index (χ0n) is 34.5. The SMILES string of the molecule is CCCCCCCCN/C=C(\N)c1ccc(C(=O)c2cc(Cl)c(C)n2-c2c(C(C)(OC)c3ccc(/C(N)=C/NCCCCCCCC)cc3O)[nH]c(Cl)c2Cl)c(O)c1. The first kappa shape index (κ1) is 46.5. The number of carbonyl (C=O) groups is 1. The number of aromatic nitrogens is 2. The maximum Gasteiger partial charge on any atom is 0.213 e. The highest BCUT2D eigenvalue weighted by atomic mass is 35.5. The summed E-state index contributed by atoms with van der Waals surface area (Å²) < 4.78 is 7.72. The second-order valence-electron chi connectivity index (χ2n) is 14.9. The molecule has 316 valence electrons. The van der Waals surface area contributed by atoms with Crippen LogP contribution in [0.1, 0.15) is 142 Å². The summed E-state index contributed by atoms with van der Waals surface area (Å²) in [5.41, 5.74) is 15.0. The van der Waals surface area contributed by atoms with Gasteiger partial charge in [0, 0.05) is 55.0 Å². The fourth-order valence-electron chi connectivity index (χ4n) is 7.07. The summed E-state index contributed by atoms with van der Waals surface area (Å²) in [6.07, 6.45) is 17.8. The van der Waals surface area contributed by atoms with Gasteiger partial charge in [-0.05, 0) is 51.0 Å². The predicted octanol–water partition coefficient (Wildman–Crippen LogP) is 11.0. The lowest BCUT2D eigenvalue weighted by Crippen LogP contribution is -2.29. The van der Waals surface area contributed by atoms with E-state index in [1.807, 2.05) is 0 Å². The molecule has 0 amide bonds. The summed E-state index contributed by atoms with van der Waals surface area (Å²) >= 11 is 20.3. The molecule has 1 unspecified atom stereocenters. The molecule has 2 heterocycles. The van der Waals surface area contributed by atoms with Crippen molar-refractivity contribution < 1.29 is 19.7 Å². The van der Waals surface area contributed by atoms with Crippen molar-refractivity contribution in [1.29, 1.82) is 0 Å². The molecule has 58 heavy (non-hydrogen) atoms. The molecule has 0 spiro atoms. The highest BCUT2D eigenvalue weighted by Gasteiger charge is 2.39. The van der Waals surface area contributed by atoms with E-state index in [2.05, 4.69) is 29.5 Å². The number of nitrogens with two attached hydrogens (primary N) is 2. The number of aromatic amines is 1. The summed E-state index contributed by atoms with van der Waals surface area (Å²) in [7, 11) is 1.49. The Balaban J connectivity index is 1.61. The van der Waals surface area contributed by atoms with E-state index in [1.165, 1.54) is 76.7 Å².